The van der Waals surface area contributed by atoms with Gasteiger partial charge in [-0.05, 0) is 23.6 Å². The van der Waals surface area contributed by atoms with Crippen molar-refractivity contribution >= 4 is 17.6 Å². The molecule has 0 bridgehead atoms. The van der Waals surface area contributed by atoms with E-state index in [9.17, 15) is 9.59 Å². The average Bonchev–Trinajstić information content (AvgIpc) is 2.41. The minimum absolute atomic E-state index is 0.104. The van der Waals surface area contributed by atoms with Crippen LogP contribution in [0.1, 0.15) is 23.6 Å². The molecule has 0 saturated heterocycles. The van der Waals surface area contributed by atoms with E-state index in [1.165, 1.54) is 7.11 Å². The molecule has 1 heterocycles. The van der Waals surface area contributed by atoms with Gasteiger partial charge in [-0.1, -0.05) is 12.1 Å². The van der Waals surface area contributed by atoms with E-state index in [0.717, 1.165) is 11.3 Å². The van der Waals surface area contributed by atoms with Gasteiger partial charge in [0.15, 0.2) is 0 Å². The number of carbonyl (C=O) groups is 2. The quantitative estimate of drug-likeness (QED) is 0.784. The minimum Gasteiger partial charge on any atom is -0.468 e. The molecule has 0 radical (unpaired) electrons. The number of benzene rings is 1. The molecule has 1 aliphatic heterocycles. The number of aryl methyl sites for hydroxylation is 1. The van der Waals surface area contributed by atoms with Crippen LogP contribution in [0.2, 0.25) is 0 Å². The Morgan fingerprint density at radius 2 is 2.17 bits per heavy atom. The summed E-state index contributed by atoms with van der Waals surface area (Å²) in [6, 6.07) is 4.68. The number of hydrogen-bond acceptors (Lipinski definition) is 4. The van der Waals surface area contributed by atoms with E-state index >= 15 is 0 Å². The van der Waals surface area contributed by atoms with Gasteiger partial charge in [0, 0.05) is 19.2 Å². The first kappa shape index (κ1) is 12.6. The number of fused-ring (bicyclic) bond motifs is 1. The van der Waals surface area contributed by atoms with Crippen molar-refractivity contribution in [2.75, 3.05) is 19.1 Å². The third kappa shape index (κ3) is 2.09. The predicted octanol–water partition coefficient (Wildman–Crippen LogP) is 0.768. The highest BCUT2D eigenvalue weighted by Gasteiger charge is 2.23. The highest BCUT2D eigenvalue weighted by Crippen LogP contribution is 2.29. The van der Waals surface area contributed by atoms with E-state index in [-0.39, 0.29) is 5.91 Å². The lowest BCUT2D eigenvalue weighted by Gasteiger charge is -2.26. The molecule has 2 rings (SSSR count). The summed E-state index contributed by atoms with van der Waals surface area (Å²) in [6.45, 7) is 0. The van der Waals surface area contributed by atoms with Crippen LogP contribution >= 0.6 is 0 Å². The van der Waals surface area contributed by atoms with Crippen molar-refractivity contribution in [2.45, 2.75) is 18.9 Å². The number of rotatable bonds is 2. The summed E-state index contributed by atoms with van der Waals surface area (Å²) in [6.07, 6.45) is 1.17. The van der Waals surface area contributed by atoms with Gasteiger partial charge in [-0.2, -0.15) is 0 Å². The number of ether oxygens (including phenoxy) is 1. The summed E-state index contributed by atoms with van der Waals surface area (Å²) in [4.78, 5) is 24.6. The monoisotopic (exact) mass is 248 g/mol. The zero-order valence-electron chi connectivity index (χ0n) is 10.5. The number of hydrogen-bond donors (Lipinski definition) is 1. The molecule has 5 heteroatoms. The maximum atomic E-state index is 11.6. The van der Waals surface area contributed by atoms with Gasteiger partial charge < -0.3 is 15.4 Å². The first-order valence-electron chi connectivity index (χ1n) is 5.77. The first-order valence-corrected chi connectivity index (χ1v) is 5.77. The van der Waals surface area contributed by atoms with Crippen molar-refractivity contribution in [3.05, 3.63) is 29.3 Å². The standard InChI is InChI=1S/C13H16N2O3/c1-15-10-5-3-9(12(14)13(17)18-2)7-8(10)4-6-11(15)16/h3,5,7,12H,4,6,14H2,1-2H3. The van der Waals surface area contributed by atoms with Crippen molar-refractivity contribution < 1.29 is 14.3 Å². The molecular weight excluding hydrogens is 232 g/mol. The molecule has 1 aromatic rings. The molecule has 1 unspecified atom stereocenters. The van der Waals surface area contributed by atoms with Crippen molar-refractivity contribution in [3.8, 4) is 0 Å². The number of nitrogens with zero attached hydrogens (tertiary/aromatic N) is 1. The van der Waals surface area contributed by atoms with Gasteiger partial charge in [-0.25, -0.2) is 0 Å². The molecule has 5 nitrogen and oxygen atoms in total. The summed E-state index contributed by atoms with van der Waals surface area (Å²) in [5.74, 6) is -0.359. The minimum atomic E-state index is -0.775. The Morgan fingerprint density at radius 1 is 1.44 bits per heavy atom. The second kappa shape index (κ2) is 4.78. The van der Waals surface area contributed by atoms with E-state index < -0.39 is 12.0 Å². The van der Waals surface area contributed by atoms with Gasteiger partial charge in [0.2, 0.25) is 5.91 Å². The van der Waals surface area contributed by atoms with Crippen LogP contribution in [0.15, 0.2) is 18.2 Å². The Balaban J connectivity index is 2.33. The van der Waals surface area contributed by atoms with Crippen LogP contribution in [0, 0.1) is 0 Å². The van der Waals surface area contributed by atoms with Crippen LogP contribution in [0.3, 0.4) is 0 Å². The molecule has 0 spiro atoms. The molecule has 0 aliphatic carbocycles. The van der Waals surface area contributed by atoms with Gasteiger partial charge in [0.05, 0.1) is 7.11 Å². The van der Waals surface area contributed by atoms with Gasteiger partial charge >= 0.3 is 5.97 Å². The SMILES string of the molecule is COC(=O)C(N)c1ccc2c(c1)CCC(=O)N2C. The van der Waals surface area contributed by atoms with Crippen LogP contribution < -0.4 is 10.6 Å². The number of esters is 1. The largest absolute Gasteiger partial charge is 0.468 e. The fourth-order valence-corrected chi connectivity index (χ4v) is 2.13. The lowest BCUT2D eigenvalue weighted by molar-refractivity contribution is -0.142. The summed E-state index contributed by atoms with van der Waals surface area (Å²) in [5.41, 5.74) is 8.42. The van der Waals surface area contributed by atoms with E-state index in [1.54, 1.807) is 18.0 Å². The molecule has 1 aromatic carbocycles. The molecular formula is C13H16N2O3. The molecule has 1 amide bonds. The number of methoxy groups -OCH3 is 1. The van der Waals surface area contributed by atoms with Crippen LogP contribution in [0.4, 0.5) is 5.69 Å². The molecule has 18 heavy (non-hydrogen) atoms. The second-order valence-electron chi connectivity index (χ2n) is 4.34. The fraction of sp³-hybridized carbons (Fsp3) is 0.385. The lowest BCUT2D eigenvalue weighted by Crippen LogP contribution is -2.31. The molecule has 1 aliphatic rings. The van der Waals surface area contributed by atoms with Crippen molar-refractivity contribution in [1.29, 1.82) is 0 Å². The topological polar surface area (TPSA) is 72.6 Å². The first-order chi connectivity index (χ1) is 8.54. The maximum Gasteiger partial charge on any atom is 0.327 e. The Bertz CT molecular complexity index is 499. The number of carbonyl (C=O) groups excluding carboxylic acids is 2. The van der Waals surface area contributed by atoms with Gasteiger partial charge in [-0.3, -0.25) is 9.59 Å². The van der Waals surface area contributed by atoms with Crippen LogP contribution in [-0.4, -0.2) is 26.0 Å². The molecule has 0 fully saturated rings. The van der Waals surface area contributed by atoms with Crippen molar-refractivity contribution in [1.82, 2.24) is 0 Å². The normalized spacial score (nSPS) is 16.2. The molecule has 96 valence electrons. The number of nitrogens with two attached hydrogens (primary N) is 1. The van der Waals surface area contributed by atoms with Gasteiger partial charge in [0.1, 0.15) is 6.04 Å². The van der Waals surface area contributed by atoms with Gasteiger partial charge in [0.25, 0.3) is 0 Å². The van der Waals surface area contributed by atoms with Crippen LogP contribution in [-0.2, 0) is 20.7 Å². The molecule has 0 aromatic heterocycles. The highest BCUT2D eigenvalue weighted by molar-refractivity contribution is 5.96. The second-order valence-corrected chi connectivity index (χ2v) is 4.34. The zero-order chi connectivity index (χ0) is 13.3. The van der Waals surface area contributed by atoms with Crippen molar-refractivity contribution in [2.24, 2.45) is 5.73 Å². The third-order valence-electron chi connectivity index (χ3n) is 3.26. The Labute approximate surface area is 106 Å². The zero-order valence-corrected chi connectivity index (χ0v) is 10.5. The summed E-state index contributed by atoms with van der Waals surface area (Å²) >= 11 is 0. The summed E-state index contributed by atoms with van der Waals surface area (Å²) in [7, 11) is 3.06. The number of anilines is 1. The predicted molar refractivity (Wildman–Crippen MR) is 67.1 cm³/mol. The number of amides is 1. The summed E-state index contributed by atoms with van der Waals surface area (Å²) < 4.78 is 4.62. The smallest absolute Gasteiger partial charge is 0.327 e. The fourth-order valence-electron chi connectivity index (χ4n) is 2.13. The van der Waals surface area contributed by atoms with Gasteiger partial charge in [-0.15, -0.1) is 0 Å². The van der Waals surface area contributed by atoms with Crippen LogP contribution in [0.25, 0.3) is 0 Å². The Morgan fingerprint density at radius 3 is 2.83 bits per heavy atom. The third-order valence-corrected chi connectivity index (χ3v) is 3.26. The Hall–Kier alpha value is -1.88. The molecule has 2 N–H and O–H groups in total. The van der Waals surface area contributed by atoms with E-state index in [0.29, 0.717) is 18.4 Å². The van der Waals surface area contributed by atoms with Crippen LogP contribution in [0.5, 0.6) is 0 Å². The van der Waals surface area contributed by atoms with E-state index in [4.69, 9.17) is 5.73 Å². The average molecular weight is 248 g/mol. The van der Waals surface area contributed by atoms with Crippen molar-refractivity contribution in [3.63, 3.8) is 0 Å². The Kier molecular flexibility index (Phi) is 3.34. The highest BCUT2D eigenvalue weighted by atomic mass is 16.5. The maximum absolute atomic E-state index is 11.6. The van der Waals surface area contributed by atoms with E-state index in [1.807, 2.05) is 12.1 Å². The molecule has 1 atom stereocenters. The van der Waals surface area contributed by atoms with E-state index in [2.05, 4.69) is 4.74 Å². The summed E-state index contributed by atoms with van der Waals surface area (Å²) in [5, 5.41) is 0. The molecule has 0 saturated carbocycles. The lowest BCUT2D eigenvalue weighted by atomic mass is 9.96.